The lowest BCUT2D eigenvalue weighted by molar-refractivity contribution is -0.143. The molecule has 0 bridgehead atoms. The van der Waals surface area contributed by atoms with Crippen molar-refractivity contribution in [3.63, 3.8) is 0 Å². The number of rotatable bonds is 5. The molecular weight excluding hydrogens is 420 g/mol. The molecule has 2 N–H and O–H groups in total. The van der Waals surface area contributed by atoms with E-state index in [4.69, 9.17) is 0 Å². The number of carbonyl (C=O) groups excluding carboxylic acids is 1. The number of amides is 1. The first-order valence-corrected chi connectivity index (χ1v) is 8.99. The topological polar surface area (TPSA) is 54.0 Å². The summed E-state index contributed by atoms with van der Waals surface area (Å²) in [7, 11) is 0. The number of hydrogen-bond donors (Lipinski definition) is 2. The van der Waals surface area contributed by atoms with Crippen molar-refractivity contribution in [3.8, 4) is 0 Å². The van der Waals surface area contributed by atoms with Crippen LogP contribution in [-0.2, 0) is 12.4 Å². The zero-order valence-electron chi connectivity index (χ0n) is 14.5. The number of anilines is 1. The maximum atomic E-state index is 12.9. The van der Waals surface area contributed by atoms with Gasteiger partial charge in [-0.05, 0) is 41.9 Å². The molecule has 1 amide bonds. The molecule has 0 aliphatic rings. The Morgan fingerprint density at radius 3 is 2.17 bits per heavy atom. The molecule has 0 saturated carbocycles. The zero-order valence-corrected chi connectivity index (χ0v) is 15.3. The molecule has 11 heteroatoms. The van der Waals surface area contributed by atoms with Crippen molar-refractivity contribution in [3.05, 3.63) is 59.2 Å². The van der Waals surface area contributed by atoms with Crippen molar-refractivity contribution >= 4 is 33.3 Å². The summed E-state index contributed by atoms with van der Waals surface area (Å²) in [5.41, 5.74) is -3.79. The molecule has 0 aliphatic carbocycles. The van der Waals surface area contributed by atoms with Gasteiger partial charge in [0.1, 0.15) is 5.82 Å². The summed E-state index contributed by atoms with van der Waals surface area (Å²) < 4.78 is 82.4. The number of nitrogens with one attached hydrogen (secondary N) is 2. The maximum absolute atomic E-state index is 12.9. The number of halogens is 6. The molecule has 154 valence electrons. The minimum absolute atomic E-state index is 0.0221. The average Bonchev–Trinajstić information content (AvgIpc) is 3.06. The van der Waals surface area contributed by atoms with Crippen LogP contribution in [0.2, 0.25) is 0 Å². The highest BCUT2D eigenvalue weighted by Gasteiger charge is 2.37. The molecule has 0 aliphatic heterocycles. The number of carbonyl (C=O) groups is 1. The van der Waals surface area contributed by atoms with E-state index in [1.165, 1.54) is 11.5 Å². The van der Waals surface area contributed by atoms with Crippen molar-refractivity contribution in [1.29, 1.82) is 0 Å². The Balaban J connectivity index is 1.67. The second-order valence-electron chi connectivity index (χ2n) is 6.00. The minimum Gasteiger partial charge on any atom is -0.367 e. The van der Waals surface area contributed by atoms with Crippen LogP contribution < -0.4 is 10.6 Å². The summed E-state index contributed by atoms with van der Waals surface area (Å²) in [5, 5.41) is 6.15. The van der Waals surface area contributed by atoms with E-state index in [1.54, 1.807) is 0 Å². The third-order valence-electron chi connectivity index (χ3n) is 3.93. The van der Waals surface area contributed by atoms with Crippen LogP contribution in [0.4, 0.5) is 32.2 Å². The monoisotopic (exact) mass is 433 g/mol. The molecule has 0 fully saturated rings. The molecular formula is C18H13F6N3OS. The lowest BCUT2D eigenvalue weighted by Crippen LogP contribution is -2.29. The van der Waals surface area contributed by atoms with Gasteiger partial charge in [0.15, 0.2) is 0 Å². The van der Waals surface area contributed by atoms with Gasteiger partial charge in [0.05, 0.1) is 15.8 Å². The van der Waals surface area contributed by atoms with Crippen molar-refractivity contribution in [1.82, 2.24) is 9.69 Å². The Hall–Kier alpha value is -2.82. The fraction of sp³-hybridized carbons (Fsp3) is 0.222. The Morgan fingerprint density at radius 2 is 1.55 bits per heavy atom. The molecule has 3 aromatic rings. The first-order valence-electron chi connectivity index (χ1n) is 8.21. The van der Waals surface area contributed by atoms with Crippen molar-refractivity contribution < 1.29 is 31.1 Å². The second-order valence-corrected chi connectivity index (χ2v) is 6.81. The second kappa shape index (κ2) is 7.90. The van der Waals surface area contributed by atoms with Gasteiger partial charge >= 0.3 is 12.4 Å². The highest BCUT2D eigenvalue weighted by Crippen LogP contribution is 2.36. The van der Waals surface area contributed by atoms with E-state index < -0.39 is 35.0 Å². The number of fused-ring (bicyclic) bond motifs is 1. The van der Waals surface area contributed by atoms with Gasteiger partial charge in [0.25, 0.3) is 5.91 Å². The van der Waals surface area contributed by atoms with E-state index in [0.29, 0.717) is 18.0 Å². The van der Waals surface area contributed by atoms with E-state index >= 15 is 0 Å². The summed E-state index contributed by atoms with van der Waals surface area (Å²) in [5.74, 6) is -0.454. The Morgan fingerprint density at radius 1 is 0.931 bits per heavy atom. The number of aromatic nitrogens is 1. The van der Waals surface area contributed by atoms with Crippen LogP contribution in [0.1, 0.15) is 21.5 Å². The van der Waals surface area contributed by atoms with Gasteiger partial charge in [-0.1, -0.05) is 12.1 Å². The van der Waals surface area contributed by atoms with Gasteiger partial charge in [-0.3, -0.25) is 4.79 Å². The summed E-state index contributed by atoms with van der Waals surface area (Å²) >= 11 is 1.27. The third kappa shape index (κ3) is 4.97. The summed E-state index contributed by atoms with van der Waals surface area (Å²) in [6, 6.07) is 8.18. The molecule has 0 unspecified atom stereocenters. The van der Waals surface area contributed by atoms with E-state index in [9.17, 15) is 31.1 Å². The number of hydrogen-bond acceptors (Lipinski definition) is 4. The van der Waals surface area contributed by atoms with Crippen LogP contribution >= 0.6 is 11.5 Å². The third-order valence-corrected chi connectivity index (χ3v) is 4.76. The molecule has 4 nitrogen and oxygen atoms in total. The Labute approximate surface area is 164 Å². The fourth-order valence-electron chi connectivity index (χ4n) is 2.56. The molecule has 0 saturated heterocycles. The van der Waals surface area contributed by atoms with Crippen molar-refractivity contribution in [2.24, 2.45) is 0 Å². The van der Waals surface area contributed by atoms with Crippen LogP contribution in [0.3, 0.4) is 0 Å². The fourth-order valence-corrected chi connectivity index (χ4v) is 3.31. The van der Waals surface area contributed by atoms with E-state index in [0.717, 1.165) is 10.1 Å². The van der Waals surface area contributed by atoms with E-state index in [-0.39, 0.29) is 19.2 Å². The van der Waals surface area contributed by atoms with Crippen LogP contribution in [0, 0.1) is 0 Å². The quantitative estimate of drug-likeness (QED) is 0.431. The molecule has 29 heavy (non-hydrogen) atoms. The van der Waals surface area contributed by atoms with E-state index in [1.807, 2.05) is 24.3 Å². The molecule has 0 atom stereocenters. The van der Waals surface area contributed by atoms with Crippen LogP contribution in [0.15, 0.2) is 42.5 Å². The molecule has 1 aromatic heterocycles. The normalized spacial score (nSPS) is 12.2. The van der Waals surface area contributed by atoms with E-state index in [2.05, 4.69) is 15.0 Å². The SMILES string of the molecule is O=C(NCCNc1nsc2ccccc12)c1cc(C(F)(F)F)cc(C(F)(F)F)c1. The molecule has 2 aromatic carbocycles. The molecule has 1 heterocycles. The summed E-state index contributed by atoms with van der Waals surface area (Å²) in [4.78, 5) is 12.1. The van der Waals surface area contributed by atoms with Crippen molar-refractivity contribution in [2.45, 2.75) is 12.4 Å². The first-order chi connectivity index (χ1) is 13.6. The van der Waals surface area contributed by atoms with Gasteiger partial charge in [-0.25, -0.2) is 0 Å². The van der Waals surface area contributed by atoms with Crippen LogP contribution in [-0.4, -0.2) is 23.4 Å². The molecule has 0 spiro atoms. The van der Waals surface area contributed by atoms with Gasteiger partial charge in [-0.2, -0.15) is 30.7 Å². The summed E-state index contributed by atoms with van der Waals surface area (Å²) in [6.07, 6.45) is -10.0. The molecule has 0 radical (unpaired) electrons. The lowest BCUT2D eigenvalue weighted by atomic mass is 10.0. The van der Waals surface area contributed by atoms with Crippen LogP contribution in [0.25, 0.3) is 10.1 Å². The highest BCUT2D eigenvalue weighted by atomic mass is 32.1. The zero-order chi connectivity index (χ0) is 21.2. The highest BCUT2D eigenvalue weighted by molar-refractivity contribution is 7.13. The van der Waals surface area contributed by atoms with Gasteiger partial charge in [0, 0.05) is 24.0 Å². The Bertz CT molecular complexity index is 996. The van der Waals surface area contributed by atoms with Gasteiger partial charge in [0.2, 0.25) is 0 Å². The largest absolute Gasteiger partial charge is 0.416 e. The smallest absolute Gasteiger partial charge is 0.367 e. The standard InChI is InChI=1S/C18H13F6N3OS/c19-17(20,21)11-7-10(8-12(9-11)18(22,23)24)16(28)26-6-5-25-15-13-3-1-2-4-14(13)29-27-15/h1-4,7-9H,5-6H2,(H,25,27)(H,26,28). The number of benzene rings is 2. The number of alkyl halides is 6. The maximum Gasteiger partial charge on any atom is 0.416 e. The van der Waals surface area contributed by atoms with Gasteiger partial charge in [-0.15, -0.1) is 0 Å². The lowest BCUT2D eigenvalue weighted by Gasteiger charge is -2.14. The van der Waals surface area contributed by atoms with Crippen LogP contribution in [0.5, 0.6) is 0 Å². The predicted molar refractivity (Wildman–Crippen MR) is 96.9 cm³/mol. The summed E-state index contributed by atoms with van der Waals surface area (Å²) in [6.45, 7) is 0.160. The minimum atomic E-state index is -5.01. The van der Waals surface area contributed by atoms with Crippen molar-refractivity contribution in [2.75, 3.05) is 18.4 Å². The number of nitrogens with zero attached hydrogens (tertiary/aromatic N) is 1. The predicted octanol–water partition coefficient (Wildman–Crippen LogP) is 5.18. The Kier molecular flexibility index (Phi) is 5.69. The van der Waals surface area contributed by atoms with Gasteiger partial charge < -0.3 is 10.6 Å². The average molecular weight is 433 g/mol. The molecule has 3 rings (SSSR count). The first kappa shape index (κ1) is 20.9.